The van der Waals surface area contributed by atoms with Crippen molar-refractivity contribution in [1.29, 1.82) is 0 Å². The Bertz CT molecular complexity index is 1040. The Morgan fingerprint density at radius 1 is 1.25 bits per heavy atom. The number of aromatic nitrogens is 1. The van der Waals surface area contributed by atoms with Gasteiger partial charge in [0.15, 0.2) is 0 Å². The number of nitrogens with zero attached hydrogens (tertiary/aromatic N) is 1. The van der Waals surface area contributed by atoms with E-state index in [9.17, 15) is 9.59 Å². The first kappa shape index (κ1) is 17.9. The van der Waals surface area contributed by atoms with E-state index in [-0.39, 0.29) is 18.0 Å². The molecule has 7 nitrogen and oxygen atoms in total. The molecule has 7 heteroatoms. The van der Waals surface area contributed by atoms with Crippen molar-refractivity contribution in [1.82, 2.24) is 10.3 Å². The summed E-state index contributed by atoms with van der Waals surface area (Å²) in [6.45, 7) is 2.83. The van der Waals surface area contributed by atoms with Gasteiger partial charge in [-0.1, -0.05) is 12.1 Å². The standard InChI is InChI=1S/C21H21N3O4/c1-13(14-4-3-5-16(10-14)24-8-9-28-21(24)26)22-20(25)19-11-15-6-7-17(27-2)12-18(15)23-19/h3-7,10-13,23H,8-9H2,1-2H3,(H,22,25)/t13-/m0/s1. The summed E-state index contributed by atoms with van der Waals surface area (Å²) in [4.78, 5) is 29.2. The summed E-state index contributed by atoms with van der Waals surface area (Å²) < 4.78 is 10.2. The van der Waals surface area contributed by atoms with Crippen molar-refractivity contribution < 1.29 is 19.1 Å². The number of hydrogen-bond donors (Lipinski definition) is 2. The highest BCUT2D eigenvalue weighted by Crippen LogP contribution is 2.24. The molecule has 4 rings (SSSR count). The molecular weight excluding hydrogens is 358 g/mol. The highest BCUT2D eigenvalue weighted by Gasteiger charge is 2.24. The van der Waals surface area contributed by atoms with Gasteiger partial charge in [-0.05, 0) is 42.8 Å². The second-order valence-corrected chi connectivity index (χ2v) is 6.69. The monoisotopic (exact) mass is 379 g/mol. The smallest absolute Gasteiger partial charge is 0.414 e. The van der Waals surface area contributed by atoms with Crippen LogP contribution in [0.4, 0.5) is 10.5 Å². The molecule has 0 saturated carbocycles. The highest BCUT2D eigenvalue weighted by atomic mass is 16.6. The van der Waals surface area contributed by atoms with E-state index in [1.165, 1.54) is 0 Å². The van der Waals surface area contributed by atoms with E-state index in [2.05, 4.69) is 10.3 Å². The molecule has 1 aliphatic heterocycles. The van der Waals surface area contributed by atoms with Crippen LogP contribution >= 0.6 is 0 Å². The zero-order valence-electron chi connectivity index (χ0n) is 15.7. The SMILES string of the molecule is COc1ccc2cc(C(=O)N[C@@H](C)c3cccc(N4CCOC4=O)c3)[nH]c2c1. The quantitative estimate of drug-likeness (QED) is 0.709. The molecule has 1 aromatic heterocycles. The fourth-order valence-corrected chi connectivity index (χ4v) is 3.30. The third kappa shape index (κ3) is 3.38. The molecule has 2 N–H and O–H groups in total. The molecule has 1 aliphatic rings. The molecular formula is C21H21N3O4. The third-order valence-corrected chi connectivity index (χ3v) is 4.86. The van der Waals surface area contributed by atoms with Crippen LogP contribution in [-0.4, -0.2) is 37.2 Å². The number of aromatic amines is 1. The fourth-order valence-electron chi connectivity index (χ4n) is 3.30. The zero-order chi connectivity index (χ0) is 19.7. The zero-order valence-corrected chi connectivity index (χ0v) is 15.7. The Balaban J connectivity index is 1.51. The van der Waals surface area contributed by atoms with Crippen molar-refractivity contribution in [3.05, 3.63) is 59.8 Å². The van der Waals surface area contributed by atoms with Gasteiger partial charge in [0.05, 0.1) is 19.7 Å². The van der Waals surface area contributed by atoms with Crippen LogP contribution in [0.2, 0.25) is 0 Å². The van der Waals surface area contributed by atoms with E-state index >= 15 is 0 Å². The molecule has 3 aromatic rings. The van der Waals surface area contributed by atoms with Crippen LogP contribution in [0.15, 0.2) is 48.5 Å². The molecule has 1 fully saturated rings. The summed E-state index contributed by atoms with van der Waals surface area (Å²) in [5.74, 6) is 0.528. The van der Waals surface area contributed by atoms with Gasteiger partial charge in [0.25, 0.3) is 5.91 Å². The van der Waals surface area contributed by atoms with Crippen molar-refractivity contribution in [3.8, 4) is 5.75 Å². The van der Waals surface area contributed by atoms with Crippen molar-refractivity contribution in [3.63, 3.8) is 0 Å². The number of fused-ring (bicyclic) bond motifs is 1. The fraction of sp³-hybridized carbons (Fsp3) is 0.238. The van der Waals surface area contributed by atoms with E-state index in [4.69, 9.17) is 9.47 Å². The number of cyclic esters (lactones) is 1. The van der Waals surface area contributed by atoms with Crippen LogP contribution in [-0.2, 0) is 4.74 Å². The molecule has 0 spiro atoms. The second kappa shape index (κ2) is 7.26. The van der Waals surface area contributed by atoms with E-state index in [0.717, 1.165) is 27.9 Å². The number of methoxy groups -OCH3 is 1. The summed E-state index contributed by atoms with van der Waals surface area (Å²) in [5, 5.41) is 3.93. The summed E-state index contributed by atoms with van der Waals surface area (Å²) >= 11 is 0. The number of amides is 2. The molecule has 0 unspecified atom stereocenters. The summed E-state index contributed by atoms with van der Waals surface area (Å²) in [5.41, 5.74) is 2.99. The lowest BCUT2D eigenvalue weighted by atomic mass is 10.1. The maximum absolute atomic E-state index is 12.7. The average Bonchev–Trinajstić information content (AvgIpc) is 3.33. The lowest BCUT2D eigenvalue weighted by Gasteiger charge is -2.18. The van der Waals surface area contributed by atoms with Crippen LogP contribution in [0.5, 0.6) is 5.75 Å². The number of carbonyl (C=O) groups excluding carboxylic acids is 2. The van der Waals surface area contributed by atoms with Crippen LogP contribution in [0.1, 0.15) is 29.0 Å². The van der Waals surface area contributed by atoms with Crippen molar-refractivity contribution >= 4 is 28.6 Å². The number of nitrogens with one attached hydrogen (secondary N) is 2. The molecule has 28 heavy (non-hydrogen) atoms. The lowest BCUT2D eigenvalue weighted by Crippen LogP contribution is -2.27. The Morgan fingerprint density at radius 3 is 2.86 bits per heavy atom. The normalized spacial score (nSPS) is 14.8. The Morgan fingerprint density at radius 2 is 2.11 bits per heavy atom. The first-order chi connectivity index (χ1) is 13.5. The van der Waals surface area contributed by atoms with E-state index in [1.807, 2.05) is 55.5 Å². The third-order valence-electron chi connectivity index (χ3n) is 4.86. The first-order valence-electron chi connectivity index (χ1n) is 9.07. The van der Waals surface area contributed by atoms with Gasteiger partial charge < -0.3 is 19.8 Å². The van der Waals surface area contributed by atoms with Gasteiger partial charge >= 0.3 is 6.09 Å². The molecule has 0 aliphatic carbocycles. The maximum atomic E-state index is 12.7. The van der Waals surface area contributed by atoms with Gasteiger partial charge in [0, 0.05) is 22.7 Å². The van der Waals surface area contributed by atoms with Crippen LogP contribution < -0.4 is 15.0 Å². The number of rotatable bonds is 5. The molecule has 1 atom stereocenters. The van der Waals surface area contributed by atoms with Gasteiger partial charge in [-0.25, -0.2) is 4.79 Å². The number of benzene rings is 2. The number of carbonyl (C=O) groups is 2. The predicted molar refractivity (Wildman–Crippen MR) is 106 cm³/mol. The molecule has 0 radical (unpaired) electrons. The van der Waals surface area contributed by atoms with Gasteiger partial charge in [0.1, 0.15) is 18.1 Å². The molecule has 0 bridgehead atoms. The number of ether oxygens (including phenoxy) is 2. The van der Waals surface area contributed by atoms with Gasteiger partial charge in [0.2, 0.25) is 0 Å². The van der Waals surface area contributed by atoms with Gasteiger partial charge in [-0.3, -0.25) is 9.69 Å². The Labute approximate surface area is 162 Å². The second-order valence-electron chi connectivity index (χ2n) is 6.69. The van der Waals surface area contributed by atoms with Crippen molar-refractivity contribution in [2.24, 2.45) is 0 Å². The topological polar surface area (TPSA) is 83.7 Å². The minimum Gasteiger partial charge on any atom is -0.497 e. The largest absolute Gasteiger partial charge is 0.497 e. The summed E-state index contributed by atoms with van der Waals surface area (Å²) in [6, 6.07) is 14.7. The molecule has 1 saturated heterocycles. The lowest BCUT2D eigenvalue weighted by molar-refractivity contribution is 0.0935. The maximum Gasteiger partial charge on any atom is 0.414 e. The average molecular weight is 379 g/mol. The van der Waals surface area contributed by atoms with Crippen molar-refractivity contribution in [2.75, 3.05) is 25.2 Å². The minimum atomic E-state index is -0.345. The predicted octanol–water partition coefficient (Wildman–Crippen LogP) is 3.62. The van der Waals surface area contributed by atoms with Crippen LogP contribution in [0, 0.1) is 0 Å². The molecule has 2 amide bonds. The van der Waals surface area contributed by atoms with E-state index in [0.29, 0.717) is 18.8 Å². The minimum absolute atomic E-state index is 0.200. The summed E-state index contributed by atoms with van der Waals surface area (Å²) in [7, 11) is 1.61. The highest BCUT2D eigenvalue weighted by molar-refractivity contribution is 5.98. The Kier molecular flexibility index (Phi) is 4.65. The van der Waals surface area contributed by atoms with Crippen molar-refractivity contribution in [2.45, 2.75) is 13.0 Å². The van der Waals surface area contributed by atoms with E-state index in [1.54, 1.807) is 12.0 Å². The molecule has 144 valence electrons. The molecule has 2 heterocycles. The number of anilines is 1. The van der Waals surface area contributed by atoms with E-state index < -0.39 is 0 Å². The van der Waals surface area contributed by atoms with Gasteiger partial charge in [-0.15, -0.1) is 0 Å². The molecule has 2 aromatic carbocycles. The Hall–Kier alpha value is -3.48. The number of H-pyrrole nitrogens is 1. The summed E-state index contributed by atoms with van der Waals surface area (Å²) in [6.07, 6.45) is -0.345. The number of hydrogen-bond acceptors (Lipinski definition) is 4. The van der Waals surface area contributed by atoms with Gasteiger partial charge in [-0.2, -0.15) is 0 Å². The van der Waals surface area contributed by atoms with Crippen LogP contribution in [0.25, 0.3) is 10.9 Å². The van der Waals surface area contributed by atoms with Crippen LogP contribution in [0.3, 0.4) is 0 Å². The first-order valence-corrected chi connectivity index (χ1v) is 9.07.